The zero-order valence-electron chi connectivity index (χ0n) is 11.6. The largest absolute Gasteiger partial charge is 0.456 e. The number of benzene rings is 2. The molecular formula is C17H17ClO2. The third-order valence-corrected chi connectivity index (χ3v) is 3.68. The highest BCUT2D eigenvalue weighted by atomic mass is 35.5. The number of ether oxygens (including phenoxy) is 1. The molecule has 0 amide bonds. The highest BCUT2D eigenvalue weighted by Gasteiger charge is 2.06. The van der Waals surface area contributed by atoms with Gasteiger partial charge in [-0.1, -0.05) is 37.6 Å². The van der Waals surface area contributed by atoms with Crippen LogP contribution in [-0.2, 0) is 0 Å². The first-order valence-corrected chi connectivity index (χ1v) is 7.04. The molecule has 0 spiro atoms. The monoisotopic (exact) mass is 288 g/mol. The number of aldehydes is 1. The van der Waals surface area contributed by atoms with E-state index in [1.165, 1.54) is 5.56 Å². The van der Waals surface area contributed by atoms with E-state index >= 15 is 0 Å². The Morgan fingerprint density at radius 2 is 1.90 bits per heavy atom. The molecule has 0 aliphatic rings. The summed E-state index contributed by atoms with van der Waals surface area (Å²) in [6.45, 7) is 4.37. The predicted octanol–water partition coefficient (Wildman–Crippen LogP) is 5.46. The summed E-state index contributed by atoms with van der Waals surface area (Å²) in [6.07, 6.45) is 1.87. The summed E-state index contributed by atoms with van der Waals surface area (Å²) in [5, 5.41) is 0.431. The maximum absolute atomic E-state index is 10.7. The van der Waals surface area contributed by atoms with Crippen molar-refractivity contribution in [3.05, 3.63) is 58.6 Å². The number of hydrogen-bond acceptors (Lipinski definition) is 2. The molecule has 0 aliphatic carbocycles. The second kappa shape index (κ2) is 6.58. The van der Waals surface area contributed by atoms with Crippen LogP contribution in [0.25, 0.3) is 0 Å². The second-order valence-electron chi connectivity index (χ2n) is 4.79. The van der Waals surface area contributed by atoms with Crippen molar-refractivity contribution in [1.29, 1.82) is 0 Å². The van der Waals surface area contributed by atoms with Crippen LogP contribution in [0, 0.1) is 0 Å². The van der Waals surface area contributed by atoms with Crippen LogP contribution in [0.15, 0.2) is 42.5 Å². The van der Waals surface area contributed by atoms with E-state index < -0.39 is 0 Å². The van der Waals surface area contributed by atoms with Gasteiger partial charge in [-0.25, -0.2) is 0 Å². The first-order valence-electron chi connectivity index (χ1n) is 6.66. The Balaban J connectivity index is 2.16. The van der Waals surface area contributed by atoms with Gasteiger partial charge in [0.25, 0.3) is 0 Å². The molecule has 0 N–H and O–H groups in total. The summed E-state index contributed by atoms with van der Waals surface area (Å²) in [4.78, 5) is 10.7. The van der Waals surface area contributed by atoms with E-state index in [-0.39, 0.29) is 0 Å². The summed E-state index contributed by atoms with van der Waals surface area (Å²) in [5.41, 5.74) is 1.83. The van der Waals surface area contributed by atoms with Gasteiger partial charge >= 0.3 is 0 Å². The zero-order chi connectivity index (χ0) is 14.5. The van der Waals surface area contributed by atoms with Gasteiger partial charge in [0.05, 0.1) is 5.02 Å². The third-order valence-electron chi connectivity index (χ3n) is 3.38. The van der Waals surface area contributed by atoms with Gasteiger partial charge in [0.2, 0.25) is 0 Å². The Kier molecular flexibility index (Phi) is 4.80. The lowest BCUT2D eigenvalue weighted by Gasteiger charge is -2.11. The molecule has 2 aromatic rings. The molecule has 0 aliphatic heterocycles. The Morgan fingerprint density at radius 1 is 1.20 bits per heavy atom. The average Bonchev–Trinajstić information content (AvgIpc) is 2.49. The summed E-state index contributed by atoms with van der Waals surface area (Å²) in [5.74, 6) is 1.82. The molecule has 20 heavy (non-hydrogen) atoms. The van der Waals surface area contributed by atoms with Crippen LogP contribution in [0.1, 0.15) is 42.1 Å². The van der Waals surface area contributed by atoms with E-state index in [9.17, 15) is 4.79 Å². The Hall–Kier alpha value is -1.80. The van der Waals surface area contributed by atoms with Crippen molar-refractivity contribution >= 4 is 17.9 Å². The van der Waals surface area contributed by atoms with Crippen LogP contribution >= 0.6 is 11.6 Å². The van der Waals surface area contributed by atoms with Crippen LogP contribution in [0.2, 0.25) is 5.02 Å². The van der Waals surface area contributed by atoms with Crippen molar-refractivity contribution < 1.29 is 9.53 Å². The van der Waals surface area contributed by atoms with Crippen molar-refractivity contribution in [3.8, 4) is 11.5 Å². The molecular weight excluding hydrogens is 272 g/mol. The van der Waals surface area contributed by atoms with Crippen molar-refractivity contribution in [2.75, 3.05) is 0 Å². The topological polar surface area (TPSA) is 26.3 Å². The molecule has 0 fully saturated rings. The van der Waals surface area contributed by atoms with Crippen molar-refractivity contribution in [1.82, 2.24) is 0 Å². The van der Waals surface area contributed by atoms with Crippen LogP contribution in [0.4, 0.5) is 0 Å². The molecule has 3 heteroatoms. The molecule has 2 rings (SSSR count). The van der Waals surface area contributed by atoms with Crippen LogP contribution in [0.5, 0.6) is 11.5 Å². The summed E-state index contributed by atoms with van der Waals surface area (Å²) < 4.78 is 5.73. The quantitative estimate of drug-likeness (QED) is 0.683. The van der Waals surface area contributed by atoms with E-state index in [0.29, 0.717) is 22.3 Å². The zero-order valence-corrected chi connectivity index (χ0v) is 12.4. The predicted molar refractivity (Wildman–Crippen MR) is 82.1 cm³/mol. The van der Waals surface area contributed by atoms with E-state index in [0.717, 1.165) is 18.5 Å². The van der Waals surface area contributed by atoms with E-state index in [1.807, 2.05) is 12.1 Å². The maximum atomic E-state index is 10.7. The van der Waals surface area contributed by atoms with Gasteiger partial charge in [-0.15, -0.1) is 0 Å². The minimum atomic E-state index is 0.431. The second-order valence-corrected chi connectivity index (χ2v) is 5.20. The number of halogens is 1. The van der Waals surface area contributed by atoms with Crippen LogP contribution < -0.4 is 4.74 Å². The Bertz CT molecular complexity index is 590. The van der Waals surface area contributed by atoms with Crippen molar-refractivity contribution in [2.24, 2.45) is 0 Å². The highest BCUT2D eigenvalue weighted by Crippen LogP contribution is 2.30. The molecule has 0 radical (unpaired) electrons. The van der Waals surface area contributed by atoms with Crippen LogP contribution in [0.3, 0.4) is 0 Å². The minimum Gasteiger partial charge on any atom is -0.456 e. The standard InChI is InChI=1S/C17H17ClO2/c1-3-12(2)14-5-7-15(8-6-14)20-17-9-4-13(11-19)10-16(17)18/h4-12H,3H2,1-2H3. The number of rotatable bonds is 5. The Morgan fingerprint density at radius 3 is 2.45 bits per heavy atom. The molecule has 104 valence electrons. The fourth-order valence-corrected chi connectivity index (χ4v) is 2.13. The van der Waals surface area contributed by atoms with Gasteiger partial charge in [0, 0.05) is 5.56 Å². The molecule has 0 heterocycles. The van der Waals surface area contributed by atoms with Gasteiger partial charge in [-0.3, -0.25) is 4.79 Å². The number of carbonyl (C=O) groups excluding carboxylic acids is 1. The lowest BCUT2D eigenvalue weighted by atomic mass is 9.99. The van der Waals surface area contributed by atoms with Crippen LogP contribution in [-0.4, -0.2) is 6.29 Å². The molecule has 2 nitrogen and oxygen atoms in total. The van der Waals surface area contributed by atoms with Crippen molar-refractivity contribution in [2.45, 2.75) is 26.2 Å². The first-order chi connectivity index (χ1) is 9.63. The van der Waals surface area contributed by atoms with Crippen molar-refractivity contribution in [3.63, 3.8) is 0 Å². The van der Waals surface area contributed by atoms with Gasteiger partial charge in [-0.2, -0.15) is 0 Å². The molecule has 1 atom stereocenters. The SMILES string of the molecule is CCC(C)c1ccc(Oc2ccc(C=O)cc2Cl)cc1. The highest BCUT2D eigenvalue weighted by molar-refractivity contribution is 6.32. The number of carbonyl (C=O) groups is 1. The third kappa shape index (κ3) is 3.40. The molecule has 0 saturated carbocycles. The van der Waals surface area contributed by atoms with Gasteiger partial charge in [0.1, 0.15) is 17.8 Å². The summed E-state index contributed by atoms with van der Waals surface area (Å²) >= 11 is 6.08. The Labute approximate surface area is 124 Å². The first kappa shape index (κ1) is 14.6. The fraction of sp³-hybridized carbons (Fsp3) is 0.235. The molecule has 0 bridgehead atoms. The minimum absolute atomic E-state index is 0.431. The van der Waals surface area contributed by atoms with Gasteiger partial charge in [-0.05, 0) is 48.2 Å². The maximum Gasteiger partial charge on any atom is 0.150 e. The molecule has 0 saturated heterocycles. The lowest BCUT2D eigenvalue weighted by Crippen LogP contribution is -1.92. The normalized spacial score (nSPS) is 11.9. The van der Waals surface area contributed by atoms with E-state index in [2.05, 4.69) is 26.0 Å². The molecule has 1 unspecified atom stereocenters. The molecule has 0 aromatic heterocycles. The lowest BCUT2D eigenvalue weighted by molar-refractivity contribution is 0.112. The molecule has 2 aromatic carbocycles. The van der Waals surface area contributed by atoms with Gasteiger partial charge in [0.15, 0.2) is 0 Å². The summed E-state index contributed by atoms with van der Waals surface area (Å²) in [7, 11) is 0. The average molecular weight is 289 g/mol. The van der Waals surface area contributed by atoms with E-state index in [4.69, 9.17) is 16.3 Å². The summed E-state index contributed by atoms with van der Waals surface area (Å²) in [6, 6.07) is 13.0. The number of hydrogen-bond donors (Lipinski definition) is 0. The van der Waals surface area contributed by atoms with E-state index in [1.54, 1.807) is 18.2 Å². The van der Waals surface area contributed by atoms with Gasteiger partial charge < -0.3 is 4.74 Å². The smallest absolute Gasteiger partial charge is 0.150 e. The fourth-order valence-electron chi connectivity index (χ4n) is 1.90.